The highest BCUT2D eigenvalue weighted by atomic mass is 127. The largest absolute Gasteiger partial charge is 0.356 e. The van der Waals surface area contributed by atoms with Crippen LogP contribution in [-0.4, -0.2) is 43.7 Å². The zero-order valence-corrected chi connectivity index (χ0v) is 19.9. The van der Waals surface area contributed by atoms with E-state index in [2.05, 4.69) is 53.6 Å². The van der Waals surface area contributed by atoms with E-state index in [4.69, 9.17) is 11.6 Å². The third-order valence-electron chi connectivity index (χ3n) is 4.08. The lowest BCUT2D eigenvalue weighted by Gasteiger charge is -2.20. The summed E-state index contributed by atoms with van der Waals surface area (Å²) < 4.78 is 1.17. The Morgan fingerprint density at radius 1 is 1.46 bits per heavy atom. The molecule has 142 valence electrons. The molecule has 0 radical (unpaired) electrons. The number of halogens is 3. The summed E-state index contributed by atoms with van der Waals surface area (Å²) in [6.45, 7) is 2.67. The SMILES string of the molecule is CN=C(NCCc1ccc(Br)s1)NC1CCN(c2ncccc2Cl)C1.I. The summed E-state index contributed by atoms with van der Waals surface area (Å²) in [5, 5.41) is 7.59. The molecule has 2 aromatic rings. The van der Waals surface area contributed by atoms with E-state index in [0.29, 0.717) is 11.1 Å². The van der Waals surface area contributed by atoms with Gasteiger partial charge in [-0.15, -0.1) is 35.3 Å². The predicted octanol–water partition coefficient (Wildman–Crippen LogP) is 4.16. The van der Waals surface area contributed by atoms with Gasteiger partial charge in [-0.2, -0.15) is 0 Å². The lowest BCUT2D eigenvalue weighted by Crippen LogP contribution is -2.45. The van der Waals surface area contributed by atoms with E-state index in [1.54, 1.807) is 24.6 Å². The molecule has 2 aromatic heterocycles. The molecule has 0 aromatic carbocycles. The Kier molecular flexibility index (Phi) is 8.92. The summed E-state index contributed by atoms with van der Waals surface area (Å²) in [6.07, 6.45) is 3.80. The first kappa shape index (κ1) is 21.7. The van der Waals surface area contributed by atoms with Gasteiger partial charge >= 0.3 is 0 Å². The molecule has 0 saturated carbocycles. The topological polar surface area (TPSA) is 52.6 Å². The standard InChI is InChI=1S/C17H21BrClN5S.HI/c1-20-17(22-9-6-13-4-5-15(18)25-13)23-12-7-10-24(11-12)16-14(19)3-2-8-21-16;/h2-5,8,12H,6-7,9-11H2,1H3,(H2,20,22,23);1H. The van der Waals surface area contributed by atoms with Crippen molar-refractivity contribution in [2.24, 2.45) is 4.99 Å². The normalized spacial score (nSPS) is 17.1. The quantitative estimate of drug-likeness (QED) is 0.322. The number of pyridine rings is 1. The third-order valence-corrected chi connectivity index (χ3v) is 6.06. The molecule has 1 atom stereocenters. The first-order chi connectivity index (χ1) is 12.2. The zero-order chi connectivity index (χ0) is 17.6. The molecule has 1 aliphatic heterocycles. The maximum Gasteiger partial charge on any atom is 0.191 e. The molecule has 5 nitrogen and oxygen atoms in total. The van der Waals surface area contributed by atoms with Gasteiger partial charge in [0.05, 0.1) is 8.81 Å². The second kappa shape index (κ2) is 10.7. The van der Waals surface area contributed by atoms with Gasteiger partial charge in [-0.25, -0.2) is 4.98 Å². The summed E-state index contributed by atoms with van der Waals surface area (Å²) in [7, 11) is 1.80. The molecule has 3 heterocycles. The summed E-state index contributed by atoms with van der Waals surface area (Å²) >= 11 is 11.5. The Morgan fingerprint density at radius 3 is 3.00 bits per heavy atom. The van der Waals surface area contributed by atoms with Crippen molar-refractivity contribution in [2.45, 2.75) is 18.9 Å². The first-order valence-electron chi connectivity index (χ1n) is 8.22. The van der Waals surface area contributed by atoms with Crippen molar-refractivity contribution >= 4 is 74.6 Å². The Hall–Kier alpha value is -0.580. The van der Waals surface area contributed by atoms with Crippen LogP contribution in [0.25, 0.3) is 0 Å². The fourth-order valence-electron chi connectivity index (χ4n) is 2.86. The molecule has 9 heteroatoms. The van der Waals surface area contributed by atoms with Gasteiger partial charge in [-0.3, -0.25) is 4.99 Å². The number of anilines is 1. The summed E-state index contributed by atoms with van der Waals surface area (Å²) in [4.78, 5) is 12.3. The van der Waals surface area contributed by atoms with Crippen LogP contribution in [0, 0.1) is 0 Å². The predicted molar refractivity (Wildman–Crippen MR) is 126 cm³/mol. The number of hydrogen-bond acceptors (Lipinski definition) is 4. The van der Waals surface area contributed by atoms with Crippen LogP contribution in [0.3, 0.4) is 0 Å². The second-order valence-electron chi connectivity index (χ2n) is 5.84. The molecule has 1 unspecified atom stereocenters. The highest BCUT2D eigenvalue weighted by Crippen LogP contribution is 2.25. The molecule has 0 amide bonds. The van der Waals surface area contributed by atoms with E-state index in [1.807, 2.05) is 12.1 Å². The summed E-state index contributed by atoms with van der Waals surface area (Å²) in [6, 6.07) is 8.31. The lowest BCUT2D eigenvalue weighted by molar-refractivity contribution is 0.648. The van der Waals surface area contributed by atoms with Gasteiger partial charge in [-0.05, 0) is 53.0 Å². The molecule has 1 fully saturated rings. The van der Waals surface area contributed by atoms with Crippen molar-refractivity contribution in [2.75, 3.05) is 31.6 Å². The van der Waals surface area contributed by atoms with Crippen LogP contribution >= 0.6 is 62.8 Å². The van der Waals surface area contributed by atoms with Crippen LogP contribution < -0.4 is 15.5 Å². The van der Waals surface area contributed by atoms with Gasteiger partial charge in [0, 0.05) is 43.8 Å². The number of rotatable bonds is 5. The number of aliphatic imine (C=N–C) groups is 1. The van der Waals surface area contributed by atoms with Gasteiger partial charge in [0.1, 0.15) is 5.82 Å². The van der Waals surface area contributed by atoms with E-state index in [9.17, 15) is 0 Å². The van der Waals surface area contributed by atoms with E-state index >= 15 is 0 Å². The fraction of sp³-hybridized carbons (Fsp3) is 0.412. The zero-order valence-electron chi connectivity index (χ0n) is 14.4. The molecule has 0 aliphatic carbocycles. The Balaban J connectivity index is 0.00000243. The number of nitrogens with one attached hydrogen (secondary N) is 2. The molecule has 1 saturated heterocycles. The number of nitrogens with zero attached hydrogens (tertiary/aromatic N) is 3. The van der Waals surface area contributed by atoms with Crippen molar-refractivity contribution in [1.82, 2.24) is 15.6 Å². The Labute approximate surface area is 188 Å². The average Bonchev–Trinajstić information content (AvgIpc) is 3.23. The van der Waals surface area contributed by atoms with Gasteiger partial charge in [0.15, 0.2) is 5.96 Å². The Bertz CT molecular complexity index is 741. The molecule has 3 rings (SSSR count). The van der Waals surface area contributed by atoms with Crippen LogP contribution in [0.15, 0.2) is 39.2 Å². The minimum Gasteiger partial charge on any atom is -0.356 e. The molecule has 26 heavy (non-hydrogen) atoms. The molecule has 0 bridgehead atoms. The minimum atomic E-state index is 0. The lowest BCUT2D eigenvalue weighted by atomic mass is 10.3. The van der Waals surface area contributed by atoms with Crippen molar-refractivity contribution < 1.29 is 0 Å². The highest BCUT2D eigenvalue weighted by Gasteiger charge is 2.25. The maximum absolute atomic E-state index is 6.25. The highest BCUT2D eigenvalue weighted by molar-refractivity contribution is 14.0. The van der Waals surface area contributed by atoms with Crippen molar-refractivity contribution in [3.05, 3.63) is 44.1 Å². The number of guanidine groups is 1. The van der Waals surface area contributed by atoms with Crippen LogP contribution in [0.2, 0.25) is 5.02 Å². The van der Waals surface area contributed by atoms with Crippen LogP contribution in [0.1, 0.15) is 11.3 Å². The van der Waals surface area contributed by atoms with Crippen molar-refractivity contribution in [3.8, 4) is 0 Å². The number of aromatic nitrogens is 1. The fourth-order valence-corrected chi connectivity index (χ4v) is 4.58. The minimum absolute atomic E-state index is 0. The van der Waals surface area contributed by atoms with Gasteiger partial charge in [0.25, 0.3) is 0 Å². The first-order valence-corrected chi connectivity index (χ1v) is 10.2. The van der Waals surface area contributed by atoms with Crippen LogP contribution in [-0.2, 0) is 6.42 Å². The van der Waals surface area contributed by atoms with E-state index in [0.717, 1.165) is 44.3 Å². The van der Waals surface area contributed by atoms with E-state index in [-0.39, 0.29) is 24.0 Å². The van der Waals surface area contributed by atoms with Gasteiger partial charge in [-0.1, -0.05) is 11.6 Å². The monoisotopic (exact) mass is 569 g/mol. The van der Waals surface area contributed by atoms with Crippen molar-refractivity contribution in [3.63, 3.8) is 0 Å². The second-order valence-corrected chi connectivity index (χ2v) is 8.79. The Morgan fingerprint density at radius 2 is 2.31 bits per heavy atom. The summed E-state index contributed by atoms with van der Waals surface area (Å²) in [5.74, 6) is 1.70. The molecular formula is C17H22BrClIN5S. The van der Waals surface area contributed by atoms with Gasteiger partial charge in [0.2, 0.25) is 0 Å². The molecule has 2 N–H and O–H groups in total. The van der Waals surface area contributed by atoms with E-state index in [1.165, 1.54) is 8.66 Å². The maximum atomic E-state index is 6.25. The molecule has 0 spiro atoms. The third kappa shape index (κ3) is 5.97. The molecular weight excluding hydrogens is 549 g/mol. The number of hydrogen-bond donors (Lipinski definition) is 2. The number of thiophene rings is 1. The van der Waals surface area contributed by atoms with Crippen LogP contribution in [0.4, 0.5) is 5.82 Å². The van der Waals surface area contributed by atoms with Gasteiger partial charge < -0.3 is 15.5 Å². The van der Waals surface area contributed by atoms with Crippen molar-refractivity contribution in [1.29, 1.82) is 0 Å². The molecule has 1 aliphatic rings. The van der Waals surface area contributed by atoms with E-state index < -0.39 is 0 Å². The summed E-state index contributed by atoms with van der Waals surface area (Å²) in [5.41, 5.74) is 0. The smallest absolute Gasteiger partial charge is 0.191 e. The average molecular weight is 571 g/mol. The van der Waals surface area contributed by atoms with Crippen LogP contribution in [0.5, 0.6) is 0 Å².